The number of nitrogens with one attached hydrogen (secondary N) is 2. The van der Waals surface area contributed by atoms with Crippen molar-refractivity contribution >= 4 is 23.2 Å². The molecule has 0 saturated heterocycles. The summed E-state index contributed by atoms with van der Waals surface area (Å²) in [5.41, 5.74) is 12.3. The van der Waals surface area contributed by atoms with E-state index in [4.69, 9.17) is 16.2 Å². The highest BCUT2D eigenvalue weighted by Gasteiger charge is 2.08. The van der Waals surface area contributed by atoms with Gasteiger partial charge in [0.1, 0.15) is 0 Å². The van der Waals surface area contributed by atoms with Gasteiger partial charge in [0.2, 0.25) is 5.91 Å². The zero-order valence-corrected chi connectivity index (χ0v) is 11.4. The number of carbonyl (C=O) groups is 2. The first-order valence-electron chi connectivity index (χ1n) is 6.23. The summed E-state index contributed by atoms with van der Waals surface area (Å²) < 4.78 is 4.83. The fraction of sp³-hybridized carbons (Fsp3) is 0.385. The third-order valence-corrected chi connectivity index (χ3v) is 2.60. The fourth-order valence-corrected chi connectivity index (χ4v) is 1.61. The molecule has 1 aromatic carbocycles. The van der Waals surface area contributed by atoms with Crippen LogP contribution in [0.5, 0.6) is 0 Å². The van der Waals surface area contributed by atoms with Crippen molar-refractivity contribution in [3.05, 3.63) is 23.8 Å². The molecule has 0 radical (unpaired) electrons. The van der Waals surface area contributed by atoms with E-state index in [1.807, 2.05) is 0 Å². The molecule has 7 nitrogen and oxygen atoms in total. The van der Waals surface area contributed by atoms with Crippen molar-refractivity contribution in [1.29, 1.82) is 0 Å². The predicted octanol–water partition coefficient (Wildman–Crippen LogP) is -0.0677. The maximum absolute atomic E-state index is 11.5. The largest absolute Gasteiger partial charge is 0.399 e. The van der Waals surface area contributed by atoms with Crippen LogP contribution in [0.4, 0.5) is 11.4 Å². The Hall–Kier alpha value is -2.28. The van der Waals surface area contributed by atoms with E-state index in [0.29, 0.717) is 36.6 Å². The van der Waals surface area contributed by atoms with Crippen LogP contribution < -0.4 is 22.1 Å². The quantitative estimate of drug-likeness (QED) is 0.392. The Morgan fingerprint density at radius 2 is 2.05 bits per heavy atom. The number of ether oxygens (including phenoxy) is 1. The van der Waals surface area contributed by atoms with Gasteiger partial charge in [0.25, 0.3) is 5.91 Å². The Morgan fingerprint density at radius 3 is 2.70 bits per heavy atom. The average molecular weight is 280 g/mol. The van der Waals surface area contributed by atoms with E-state index in [0.717, 1.165) is 0 Å². The van der Waals surface area contributed by atoms with Crippen LogP contribution in [-0.2, 0) is 9.53 Å². The minimum absolute atomic E-state index is 0.0981. The first kappa shape index (κ1) is 15.8. The standard InChI is InChI=1S/C13H20N4O3/c1-20-7-6-17-12(18)4-5-16-11-8-9(14)2-3-10(11)13(15)19/h2-3,8,16H,4-7,14H2,1H3,(H2,15,19)(H,17,18). The van der Waals surface area contributed by atoms with Crippen LogP contribution in [0, 0.1) is 0 Å². The van der Waals surface area contributed by atoms with Gasteiger partial charge in [-0.3, -0.25) is 9.59 Å². The molecule has 2 amide bonds. The number of amides is 2. The highest BCUT2D eigenvalue weighted by Crippen LogP contribution is 2.18. The van der Waals surface area contributed by atoms with Gasteiger partial charge in [-0.1, -0.05) is 0 Å². The van der Waals surface area contributed by atoms with Gasteiger partial charge >= 0.3 is 0 Å². The van der Waals surface area contributed by atoms with Crippen molar-refractivity contribution in [2.24, 2.45) is 5.73 Å². The van der Waals surface area contributed by atoms with Crippen molar-refractivity contribution in [1.82, 2.24) is 5.32 Å². The maximum atomic E-state index is 11.5. The highest BCUT2D eigenvalue weighted by atomic mass is 16.5. The average Bonchev–Trinajstić information content (AvgIpc) is 2.38. The Labute approximate surface area is 117 Å². The molecule has 0 fully saturated rings. The molecule has 110 valence electrons. The molecule has 0 bridgehead atoms. The zero-order chi connectivity index (χ0) is 15.0. The monoisotopic (exact) mass is 280 g/mol. The molecule has 6 N–H and O–H groups in total. The van der Waals surface area contributed by atoms with Crippen molar-refractivity contribution in [2.75, 3.05) is 37.9 Å². The summed E-state index contributed by atoms with van der Waals surface area (Å²) >= 11 is 0. The van der Waals surface area contributed by atoms with E-state index < -0.39 is 5.91 Å². The van der Waals surface area contributed by atoms with Gasteiger partial charge in [0, 0.05) is 38.0 Å². The van der Waals surface area contributed by atoms with Crippen LogP contribution in [0.3, 0.4) is 0 Å². The zero-order valence-electron chi connectivity index (χ0n) is 11.4. The number of benzene rings is 1. The van der Waals surface area contributed by atoms with E-state index in [-0.39, 0.29) is 12.3 Å². The van der Waals surface area contributed by atoms with Crippen molar-refractivity contribution in [2.45, 2.75) is 6.42 Å². The second-order valence-electron chi connectivity index (χ2n) is 4.19. The lowest BCUT2D eigenvalue weighted by Crippen LogP contribution is -2.28. The number of nitrogens with two attached hydrogens (primary N) is 2. The van der Waals surface area contributed by atoms with Crippen LogP contribution in [0.15, 0.2) is 18.2 Å². The van der Waals surface area contributed by atoms with Crippen molar-refractivity contribution in [3.63, 3.8) is 0 Å². The number of nitrogen functional groups attached to an aromatic ring is 1. The number of hydrogen-bond donors (Lipinski definition) is 4. The molecule has 0 aliphatic carbocycles. The van der Waals surface area contributed by atoms with Gasteiger partial charge in [-0.2, -0.15) is 0 Å². The summed E-state index contributed by atoms with van der Waals surface area (Å²) in [6, 6.07) is 4.77. The minimum atomic E-state index is -0.544. The van der Waals surface area contributed by atoms with E-state index in [1.54, 1.807) is 25.3 Å². The summed E-state index contributed by atoms with van der Waals surface area (Å²) in [5, 5.41) is 5.68. The predicted molar refractivity (Wildman–Crippen MR) is 77.4 cm³/mol. The molecule has 20 heavy (non-hydrogen) atoms. The molecule has 7 heteroatoms. The Balaban J connectivity index is 2.47. The number of methoxy groups -OCH3 is 1. The molecule has 0 spiro atoms. The lowest BCUT2D eigenvalue weighted by molar-refractivity contribution is -0.121. The lowest BCUT2D eigenvalue weighted by atomic mass is 10.1. The van der Waals surface area contributed by atoms with Gasteiger partial charge in [-0.05, 0) is 18.2 Å². The SMILES string of the molecule is COCCNC(=O)CCNc1cc(N)ccc1C(N)=O. The smallest absolute Gasteiger partial charge is 0.250 e. The first-order chi connectivity index (χ1) is 9.54. The van der Waals surface area contributed by atoms with E-state index in [1.165, 1.54) is 0 Å². The third-order valence-electron chi connectivity index (χ3n) is 2.60. The number of rotatable bonds is 8. The van der Waals surface area contributed by atoms with Gasteiger partial charge in [-0.15, -0.1) is 0 Å². The molecule has 1 rings (SSSR count). The summed E-state index contributed by atoms with van der Waals surface area (Å²) in [7, 11) is 1.57. The molecule has 0 aliphatic heterocycles. The molecular formula is C13H20N4O3. The lowest BCUT2D eigenvalue weighted by Gasteiger charge is -2.11. The minimum Gasteiger partial charge on any atom is -0.399 e. The summed E-state index contributed by atoms with van der Waals surface area (Å²) in [5.74, 6) is -0.642. The molecule has 0 aliphatic rings. The Bertz CT molecular complexity index is 477. The first-order valence-corrected chi connectivity index (χ1v) is 6.23. The van der Waals surface area contributed by atoms with E-state index in [2.05, 4.69) is 10.6 Å². The molecule has 1 aromatic rings. The summed E-state index contributed by atoms with van der Waals surface area (Å²) in [6.07, 6.45) is 0.275. The van der Waals surface area contributed by atoms with Gasteiger partial charge in [-0.25, -0.2) is 0 Å². The number of anilines is 2. The summed E-state index contributed by atoms with van der Waals surface area (Å²) in [6.45, 7) is 1.32. The molecule has 0 saturated carbocycles. The van der Waals surface area contributed by atoms with Crippen LogP contribution in [0.2, 0.25) is 0 Å². The van der Waals surface area contributed by atoms with Gasteiger partial charge in [0.15, 0.2) is 0 Å². The van der Waals surface area contributed by atoms with Crippen LogP contribution in [0.25, 0.3) is 0 Å². The fourth-order valence-electron chi connectivity index (χ4n) is 1.61. The number of primary amides is 1. The second-order valence-corrected chi connectivity index (χ2v) is 4.19. The van der Waals surface area contributed by atoms with Gasteiger partial charge in [0.05, 0.1) is 12.2 Å². The van der Waals surface area contributed by atoms with Crippen molar-refractivity contribution < 1.29 is 14.3 Å². The molecule has 0 aromatic heterocycles. The van der Waals surface area contributed by atoms with Gasteiger partial charge < -0.3 is 26.8 Å². The normalized spacial score (nSPS) is 10.1. The van der Waals surface area contributed by atoms with Crippen LogP contribution in [0.1, 0.15) is 16.8 Å². The number of carbonyl (C=O) groups excluding carboxylic acids is 2. The number of hydrogen-bond acceptors (Lipinski definition) is 5. The molecule has 0 unspecified atom stereocenters. The Morgan fingerprint density at radius 1 is 1.30 bits per heavy atom. The Kier molecular flexibility index (Phi) is 6.31. The summed E-state index contributed by atoms with van der Waals surface area (Å²) in [4.78, 5) is 22.7. The molecular weight excluding hydrogens is 260 g/mol. The second kappa shape index (κ2) is 8.00. The van der Waals surface area contributed by atoms with Crippen LogP contribution in [-0.4, -0.2) is 38.6 Å². The van der Waals surface area contributed by atoms with Crippen LogP contribution >= 0.6 is 0 Å². The van der Waals surface area contributed by atoms with E-state index in [9.17, 15) is 9.59 Å². The maximum Gasteiger partial charge on any atom is 0.250 e. The highest BCUT2D eigenvalue weighted by molar-refractivity contribution is 5.99. The van der Waals surface area contributed by atoms with Crippen molar-refractivity contribution in [3.8, 4) is 0 Å². The topological polar surface area (TPSA) is 119 Å². The molecule has 0 heterocycles. The third kappa shape index (κ3) is 5.15. The molecule has 0 atom stereocenters. The van der Waals surface area contributed by atoms with E-state index >= 15 is 0 Å².